The Bertz CT molecular complexity index is 351. The number of halogens is 1. The smallest absolute Gasteiger partial charge is 0.0466 e. The Labute approximate surface area is 144 Å². The molecule has 0 unspecified atom stereocenters. The molecule has 1 aromatic rings. The van der Waals surface area contributed by atoms with Gasteiger partial charge in [-0.3, -0.25) is 0 Å². The molecule has 0 aromatic heterocycles. The standard InChI is InChI=1S/C19H31BrO2/c1-21-15-7-9-19-12-10-18(11-13-19)8-3-6-17-22-16-5-2-4-14-20/h10-13H,2-9,14-17H2,1H3. The van der Waals surface area contributed by atoms with E-state index in [1.807, 2.05) is 0 Å². The van der Waals surface area contributed by atoms with Gasteiger partial charge in [-0.2, -0.15) is 0 Å². The summed E-state index contributed by atoms with van der Waals surface area (Å²) in [5, 5.41) is 1.11. The number of hydrogen-bond donors (Lipinski definition) is 0. The minimum absolute atomic E-state index is 0.845. The summed E-state index contributed by atoms with van der Waals surface area (Å²) >= 11 is 3.45. The summed E-state index contributed by atoms with van der Waals surface area (Å²) in [6, 6.07) is 9.04. The second-order valence-corrected chi connectivity index (χ2v) is 6.52. The number of rotatable bonds is 14. The van der Waals surface area contributed by atoms with Gasteiger partial charge in [0, 0.05) is 32.3 Å². The Morgan fingerprint density at radius 3 is 1.91 bits per heavy atom. The van der Waals surface area contributed by atoms with Crippen LogP contribution in [0.25, 0.3) is 0 Å². The molecule has 0 saturated heterocycles. The number of benzene rings is 1. The number of hydrogen-bond acceptors (Lipinski definition) is 2. The quantitative estimate of drug-likeness (QED) is 0.332. The van der Waals surface area contributed by atoms with Crippen molar-refractivity contribution in [3.8, 4) is 0 Å². The van der Waals surface area contributed by atoms with E-state index < -0.39 is 0 Å². The Kier molecular flexibility index (Phi) is 12.7. The molecule has 0 aliphatic heterocycles. The van der Waals surface area contributed by atoms with Crippen molar-refractivity contribution in [3.05, 3.63) is 35.4 Å². The highest BCUT2D eigenvalue weighted by molar-refractivity contribution is 9.09. The second kappa shape index (κ2) is 14.2. The first-order chi connectivity index (χ1) is 10.9. The lowest BCUT2D eigenvalue weighted by Crippen LogP contribution is -1.98. The molecule has 0 radical (unpaired) electrons. The molecule has 0 amide bonds. The highest BCUT2D eigenvalue weighted by Gasteiger charge is 1.97. The highest BCUT2D eigenvalue weighted by Crippen LogP contribution is 2.10. The lowest BCUT2D eigenvalue weighted by atomic mass is 10.0. The summed E-state index contributed by atoms with van der Waals surface area (Å²) in [6.07, 6.45) is 9.45. The van der Waals surface area contributed by atoms with Crippen LogP contribution in [0.15, 0.2) is 24.3 Å². The topological polar surface area (TPSA) is 18.5 Å². The third-order valence-electron chi connectivity index (χ3n) is 3.76. The van der Waals surface area contributed by atoms with Gasteiger partial charge in [-0.15, -0.1) is 0 Å². The predicted molar refractivity (Wildman–Crippen MR) is 98.0 cm³/mol. The molecule has 0 aliphatic rings. The molecule has 0 N–H and O–H groups in total. The molecule has 0 saturated carbocycles. The van der Waals surface area contributed by atoms with Crippen LogP contribution in [0.2, 0.25) is 0 Å². The van der Waals surface area contributed by atoms with Gasteiger partial charge in [0.15, 0.2) is 0 Å². The van der Waals surface area contributed by atoms with Gasteiger partial charge in [-0.25, -0.2) is 0 Å². The van der Waals surface area contributed by atoms with Crippen LogP contribution in [0, 0.1) is 0 Å². The monoisotopic (exact) mass is 370 g/mol. The molecule has 0 aliphatic carbocycles. The molecule has 0 heterocycles. The fourth-order valence-corrected chi connectivity index (χ4v) is 2.80. The van der Waals surface area contributed by atoms with Gasteiger partial charge in [0.05, 0.1) is 0 Å². The third-order valence-corrected chi connectivity index (χ3v) is 4.32. The number of alkyl halides is 1. The molecule has 2 nitrogen and oxygen atoms in total. The van der Waals surface area contributed by atoms with Crippen LogP contribution < -0.4 is 0 Å². The van der Waals surface area contributed by atoms with Gasteiger partial charge >= 0.3 is 0 Å². The van der Waals surface area contributed by atoms with Crippen LogP contribution in [0.4, 0.5) is 0 Å². The minimum atomic E-state index is 0.845. The SMILES string of the molecule is COCCCc1ccc(CCCCOCCCCCBr)cc1. The maximum Gasteiger partial charge on any atom is 0.0466 e. The molecule has 0 fully saturated rings. The summed E-state index contributed by atoms with van der Waals surface area (Å²) < 4.78 is 10.8. The van der Waals surface area contributed by atoms with E-state index in [9.17, 15) is 0 Å². The van der Waals surface area contributed by atoms with Crippen molar-refractivity contribution < 1.29 is 9.47 Å². The normalized spacial score (nSPS) is 11.0. The molecule has 1 rings (SSSR count). The molecule has 0 atom stereocenters. The Morgan fingerprint density at radius 1 is 0.727 bits per heavy atom. The van der Waals surface area contributed by atoms with Crippen molar-refractivity contribution >= 4 is 15.9 Å². The first-order valence-electron chi connectivity index (χ1n) is 8.57. The molecular formula is C19H31BrO2. The summed E-state index contributed by atoms with van der Waals surface area (Å²) in [4.78, 5) is 0. The highest BCUT2D eigenvalue weighted by atomic mass is 79.9. The van der Waals surface area contributed by atoms with E-state index in [1.54, 1.807) is 7.11 Å². The first kappa shape index (κ1) is 19.7. The molecule has 0 spiro atoms. The van der Waals surface area contributed by atoms with Crippen molar-refractivity contribution in [3.63, 3.8) is 0 Å². The predicted octanol–water partition coefficient (Wildman–Crippen LogP) is 5.17. The number of aryl methyl sites for hydroxylation is 2. The van der Waals surface area contributed by atoms with Crippen LogP contribution in [-0.4, -0.2) is 32.3 Å². The Morgan fingerprint density at radius 2 is 1.32 bits per heavy atom. The minimum Gasteiger partial charge on any atom is -0.385 e. The molecule has 0 bridgehead atoms. The lowest BCUT2D eigenvalue weighted by molar-refractivity contribution is 0.126. The van der Waals surface area contributed by atoms with Crippen molar-refractivity contribution in [2.75, 3.05) is 32.3 Å². The van der Waals surface area contributed by atoms with Crippen LogP contribution in [-0.2, 0) is 22.3 Å². The van der Waals surface area contributed by atoms with E-state index in [0.717, 1.165) is 50.8 Å². The van der Waals surface area contributed by atoms with Crippen molar-refractivity contribution in [2.24, 2.45) is 0 Å². The average molecular weight is 371 g/mol. The summed E-state index contributed by atoms with van der Waals surface area (Å²) in [7, 11) is 1.76. The van der Waals surface area contributed by atoms with E-state index in [4.69, 9.17) is 9.47 Å². The lowest BCUT2D eigenvalue weighted by Gasteiger charge is -2.06. The average Bonchev–Trinajstić information content (AvgIpc) is 2.55. The number of unbranched alkanes of at least 4 members (excludes halogenated alkanes) is 3. The largest absolute Gasteiger partial charge is 0.385 e. The van der Waals surface area contributed by atoms with Crippen molar-refractivity contribution in [2.45, 2.75) is 51.4 Å². The van der Waals surface area contributed by atoms with Gasteiger partial charge in [0.2, 0.25) is 0 Å². The van der Waals surface area contributed by atoms with E-state index in [-0.39, 0.29) is 0 Å². The second-order valence-electron chi connectivity index (χ2n) is 5.73. The maximum atomic E-state index is 5.67. The van der Waals surface area contributed by atoms with E-state index in [2.05, 4.69) is 40.2 Å². The fourth-order valence-electron chi connectivity index (χ4n) is 2.40. The Hall–Kier alpha value is -0.380. The number of ether oxygens (including phenoxy) is 2. The summed E-state index contributed by atoms with van der Waals surface area (Å²) in [6.45, 7) is 2.67. The van der Waals surface area contributed by atoms with Crippen LogP contribution in [0.1, 0.15) is 49.7 Å². The van der Waals surface area contributed by atoms with Crippen molar-refractivity contribution in [1.82, 2.24) is 0 Å². The van der Waals surface area contributed by atoms with Crippen LogP contribution in [0.5, 0.6) is 0 Å². The fraction of sp³-hybridized carbons (Fsp3) is 0.684. The summed E-state index contributed by atoms with van der Waals surface area (Å²) in [5.41, 5.74) is 2.85. The first-order valence-corrected chi connectivity index (χ1v) is 9.69. The molecule has 3 heteroatoms. The summed E-state index contributed by atoms with van der Waals surface area (Å²) in [5.74, 6) is 0. The maximum absolute atomic E-state index is 5.67. The van der Waals surface area contributed by atoms with Gasteiger partial charge in [0.1, 0.15) is 0 Å². The molecule has 126 valence electrons. The Balaban J connectivity index is 2.00. The zero-order chi connectivity index (χ0) is 15.9. The van der Waals surface area contributed by atoms with E-state index in [1.165, 1.54) is 36.8 Å². The number of methoxy groups -OCH3 is 1. The molecule has 1 aromatic carbocycles. The van der Waals surface area contributed by atoms with Gasteiger partial charge in [-0.1, -0.05) is 46.6 Å². The van der Waals surface area contributed by atoms with Crippen LogP contribution >= 0.6 is 15.9 Å². The zero-order valence-electron chi connectivity index (χ0n) is 14.0. The zero-order valence-corrected chi connectivity index (χ0v) is 15.6. The van der Waals surface area contributed by atoms with Gasteiger partial charge < -0.3 is 9.47 Å². The van der Waals surface area contributed by atoms with E-state index in [0.29, 0.717) is 0 Å². The van der Waals surface area contributed by atoms with Crippen LogP contribution in [0.3, 0.4) is 0 Å². The molecular weight excluding hydrogens is 340 g/mol. The van der Waals surface area contributed by atoms with Gasteiger partial charge in [0.25, 0.3) is 0 Å². The molecule has 22 heavy (non-hydrogen) atoms. The van der Waals surface area contributed by atoms with E-state index >= 15 is 0 Å². The van der Waals surface area contributed by atoms with Gasteiger partial charge in [-0.05, 0) is 56.1 Å². The van der Waals surface area contributed by atoms with Crippen molar-refractivity contribution in [1.29, 1.82) is 0 Å². The third kappa shape index (κ3) is 10.4.